The number of halogens is 3. The van der Waals surface area contributed by atoms with E-state index in [0.717, 1.165) is 35.2 Å². The molecule has 0 spiro atoms. The molecular weight excluding hydrogens is 363 g/mol. The molecule has 26 heavy (non-hydrogen) atoms. The predicted octanol–water partition coefficient (Wildman–Crippen LogP) is 4.86. The molecule has 8 heteroatoms. The fourth-order valence-corrected chi connectivity index (χ4v) is 3.51. The van der Waals surface area contributed by atoms with E-state index in [0.29, 0.717) is 23.5 Å². The molecule has 3 aromatic rings. The van der Waals surface area contributed by atoms with Crippen LogP contribution in [0.5, 0.6) is 0 Å². The molecule has 1 N–H and O–H groups in total. The summed E-state index contributed by atoms with van der Waals surface area (Å²) in [6.45, 7) is 4.41. The lowest BCUT2D eigenvalue weighted by atomic mass is 10.2. The maximum Gasteiger partial charge on any atom is 0.262 e. The predicted molar refractivity (Wildman–Crippen MR) is 94.9 cm³/mol. The van der Waals surface area contributed by atoms with Crippen molar-refractivity contribution in [2.45, 2.75) is 26.8 Å². The van der Waals surface area contributed by atoms with Gasteiger partial charge in [0, 0.05) is 12.6 Å². The summed E-state index contributed by atoms with van der Waals surface area (Å²) in [5.41, 5.74) is 0.729. The van der Waals surface area contributed by atoms with E-state index in [4.69, 9.17) is 0 Å². The lowest BCUT2D eigenvalue weighted by Crippen LogP contribution is -2.15. The van der Waals surface area contributed by atoms with Gasteiger partial charge in [-0.25, -0.2) is 13.2 Å². The number of hydrogen-bond acceptors (Lipinski definition) is 3. The van der Waals surface area contributed by atoms with Crippen LogP contribution < -0.4 is 5.32 Å². The van der Waals surface area contributed by atoms with Crippen molar-refractivity contribution in [3.8, 4) is 10.6 Å². The summed E-state index contributed by atoms with van der Waals surface area (Å²) in [5, 5.41) is 6.89. The van der Waals surface area contributed by atoms with E-state index in [1.165, 1.54) is 6.07 Å². The van der Waals surface area contributed by atoms with E-state index in [1.54, 1.807) is 10.7 Å². The second-order valence-electron chi connectivity index (χ2n) is 5.53. The summed E-state index contributed by atoms with van der Waals surface area (Å²) in [4.78, 5) is 12.5. The number of anilines is 1. The Morgan fingerprint density at radius 3 is 2.46 bits per heavy atom. The number of amides is 1. The van der Waals surface area contributed by atoms with Gasteiger partial charge in [0.15, 0.2) is 0 Å². The van der Waals surface area contributed by atoms with Crippen molar-refractivity contribution in [2.24, 2.45) is 0 Å². The zero-order chi connectivity index (χ0) is 18.8. The van der Waals surface area contributed by atoms with Crippen LogP contribution in [0.3, 0.4) is 0 Å². The second-order valence-corrected chi connectivity index (χ2v) is 6.58. The largest absolute Gasteiger partial charge is 0.313 e. The summed E-state index contributed by atoms with van der Waals surface area (Å²) in [6, 6.07) is 6.08. The van der Waals surface area contributed by atoms with Crippen LogP contribution >= 0.6 is 11.3 Å². The molecule has 2 aromatic heterocycles. The normalized spacial score (nSPS) is 11.0. The number of aromatic nitrogens is 2. The molecule has 3 rings (SSSR count). The topological polar surface area (TPSA) is 46.9 Å². The number of benzene rings is 1. The van der Waals surface area contributed by atoms with Gasteiger partial charge in [0.2, 0.25) is 0 Å². The highest BCUT2D eigenvalue weighted by Gasteiger charge is 2.21. The fraction of sp³-hybridized carbons (Fsp3) is 0.222. The fourth-order valence-electron chi connectivity index (χ4n) is 2.56. The summed E-state index contributed by atoms with van der Waals surface area (Å²) >= 11 is 0.988. The molecule has 0 unspecified atom stereocenters. The van der Waals surface area contributed by atoms with E-state index >= 15 is 0 Å². The van der Waals surface area contributed by atoms with Crippen LogP contribution in [0.2, 0.25) is 0 Å². The highest BCUT2D eigenvalue weighted by molar-refractivity contribution is 7.19. The average Bonchev–Trinajstić information content (AvgIpc) is 3.17. The lowest BCUT2D eigenvalue weighted by molar-refractivity contribution is 0.101. The van der Waals surface area contributed by atoms with Crippen LogP contribution in [0.15, 0.2) is 30.3 Å². The van der Waals surface area contributed by atoms with Gasteiger partial charge in [-0.15, -0.1) is 11.3 Å². The monoisotopic (exact) mass is 379 g/mol. The molecule has 4 nitrogen and oxygen atoms in total. The zero-order valence-electron chi connectivity index (χ0n) is 14.1. The van der Waals surface area contributed by atoms with Crippen LogP contribution in [0.4, 0.5) is 18.2 Å². The first-order chi connectivity index (χ1) is 12.4. The molecule has 1 aromatic carbocycles. The Morgan fingerprint density at radius 2 is 1.85 bits per heavy atom. The number of nitrogens with one attached hydrogen (secondary N) is 1. The van der Waals surface area contributed by atoms with Crippen molar-refractivity contribution in [1.82, 2.24) is 9.78 Å². The Kier molecular flexibility index (Phi) is 5.13. The molecule has 0 radical (unpaired) electrons. The standard InChI is InChI=1S/C18H16F3N3OS/c1-3-10-8-14(24(4-2)23-10)17-13(21)9-15(26-17)22-18(25)16-11(19)6-5-7-12(16)20/h5-9H,3-4H2,1-2H3,(H,22,25). The van der Waals surface area contributed by atoms with Crippen molar-refractivity contribution >= 4 is 22.2 Å². The van der Waals surface area contributed by atoms with Crippen molar-refractivity contribution in [3.05, 3.63) is 59.0 Å². The van der Waals surface area contributed by atoms with Gasteiger partial charge in [0.25, 0.3) is 5.91 Å². The zero-order valence-corrected chi connectivity index (χ0v) is 15.0. The van der Waals surface area contributed by atoms with Gasteiger partial charge in [-0.1, -0.05) is 13.0 Å². The number of nitrogens with zero attached hydrogens (tertiary/aromatic N) is 2. The number of thiophene rings is 1. The first-order valence-corrected chi connectivity index (χ1v) is 8.88. The van der Waals surface area contributed by atoms with Gasteiger partial charge in [-0.2, -0.15) is 5.10 Å². The van der Waals surface area contributed by atoms with Crippen LogP contribution in [0.1, 0.15) is 29.9 Å². The second kappa shape index (κ2) is 7.33. The van der Waals surface area contributed by atoms with Crippen molar-refractivity contribution in [3.63, 3.8) is 0 Å². The Labute approximate surface area is 152 Å². The first-order valence-electron chi connectivity index (χ1n) is 8.06. The van der Waals surface area contributed by atoms with Crippen LogP contribution in [0, 0.1) is 17.5 Å². The third-order valence-corrected chi connectivity index (χ3v) is 4.89. The number of carbonyl (C=O) groups excluding carboxylic acids is 1. The summed E-state index contributed by atoms with van der Waals surface area (Å²) in [6.07, 6.45) is 0.711. The Hall–Kier alpha value is -2.61. The van der Waals surface area contributed by atoms with E-state index in [-0.39, 0.29) is 5.00 Å². The molecule has 0 aliphatic rings. The number of carbonyl (C=O) groups is 1. The molecule has 1 amide bonds. The third-order valence-electron chi connectivity index (χ3n) is 3.84. The third kappa shape index (κ3) is 3.37. The van der Waals surface area contributed by atoms with Gasteiger partial charge < -0.3 is 5.32 Å². The van der Waals surface area contributed by atoms with Gasteiger partial charge in [-0.3, -0.25) is 9.48 Å². The molecular formula is C18H16F3N3OS. The molecule has 0 aliphatic carbocycles. The van der Waals surface area contributed by atoms with E-state index in [2.05, 4.69) is 10.4 Å². The van der Waals surface area contributed by atoms with Gasteiger partial charge in [0.1, 0.15) is 23.0 Å². The van der Waals surface area contributed by atoms with E-state index in [1.807, 2.05) is 13.8 Å². The van der Waals surface area contributed by atoms with Crippen LogP contribution in [-0.4, -0.2) is 15.7 Å². The minimum absolute atomic E-state index is 0.159. The van der Waals surface area contributed by atoms with Crippen molar-refractivity contribution < 1.29 is 18.0 Å². The Balaban J connectivity index is 1.92. The van der Waals surface area contributed by atoms with Gasteiger partial charge in [-0.05, 0) is 31.5 Å². The maximum atomic E-state index is 14.4. The summed E-state index contributed by atoms with van der Waals surface area (Å²) < 4.78 is 43.5. The van der Waals surface area contributed by atoms with Crippen molar-refractivity contribution in [1.29, 1.82) is 0 Å². The number of hydrogen-bond donors (Lipinski definition) is 1. The Bertz CT molecular complexity index is 944. The lowest BCUT2D eigenvalue weighted by Gasteiger charge is -2.05. The quantitative estimate of drug-likeness (QED) is 0.688. The number of rotatable bonds is 5. The first kappa shape index (κ1) is 18.2. The van der Waals surface area contributed by atoms with Crippen LogP contribution in [0.25, 0.3) is 10.6 Å². The van der Waals surface area contributed by atoms with Crippen LogP contribution in [-0.2, 0) is 13.0 Å². The van der Waals surface area contributed by atoms with E-state index < -0.39 is 28.9 Å². The van der Waals surface area contributed by atoms with Gasteiger partial charge in [0.05, 0.1) is 21.3 Å². The molecule has 0 aliphatic heterocycles. The SMILES string of the molecule is CCc1cc(-c2sc(NC(=O)c3c(F)cccc3F)cc2F)n(CC)n1. The van der Waals surface area contributed by atoms with Gasteiger partial charge >= 0.3 is 0 Å². The minimum Gasteiger partial charge on any atom is -0.313 e. The molecule has 2 heterocycles. The molecule has 0 atom stereocenters. The minimum atomic E-state index is -0.976. The maximum absolute atomic E-state index is 14.4. The van der Waals surface area contributed by atoms with Crippen molar-refractivity contribution in [2.75, 3.05) is 5.32 Å². The van der Waals surface area contributed by atoms with E-state index in [9.17, 15) is 18.0 Å². The smallest absolute Gasteiger partial charge is 0.262 e. The molecule has 0 saturated carbocycles. The molecule has 0 saturated heterocycles. The molecule has 136 valence electrons. The molecule has 0 bridgehead atoms. The average molecular weight is 379 g/mol. The Morgan fingerprint density at radius 1 is 1.15 bits per heavy atom. The summed E-state index contributed by atoms with van der Waals surface area (Å²) in [5.74, 6) is -3.45. The highest BCUT2D eigenvalue weighted by Crippen LogP contribution is 2.35. The highest BCUT2D eigenvalue weighted by atomic mass is 32.1. The molecule has 0 fully saturated rings. The summed E-state index contributed by atoms with van der Waals surface area (Å²) in [7, 11) is 0. The number of aryl methyl sites for hydroxylation is 2.